The highest BCUT2D eigenvalue weighted by atomic mass is 32.2. The molecule has 0 heterocycles. The van der Waals surface area contributed by atoms with E-state index < -0.39 is 22.9 Å². The summed E-state index contributed by atoms with van der Waals surface area (Å²) in [5, 5.41) is 0. The maximum Gasteiger partial charge on any atom is 0.402 e. The van der Waals surface area contributed by atoms with E-state index in [9.17, 15) is 21.6 Å². The fraction of sp³-hybridized carbons (Fsp3) is 0.400. The van der Waals surface area contributed by atoms with Crippen LogP contribution >= 0.6 is 0 Å². The molecule has 1 aromatic carbocycles. The molecule has 0 spiro atoms. The van der Waals surface area contributed by atoms with Crippen LogP contribution < -0.4 is 19.9 Å². The first-order chi connectivity index (χ1) is 9.17. The average Bonchev–Trinajstić information content (AvgIpc) is 2.36. The number of nitrogens with one attached hydrogen (secondary N) is 2. The molecule has 0 radical (unpaired) electrons. The van der Waals surface area contributed by atoms with E-state index in [-0.39, 0.29) is 18.0 Å². The number of hydrogen-bond donors (Lipinski definition) is 3. The quantitative estimate of drug-likeness (QED) is 0.729. The summed E-state index contributed by atoms with van der Waals surface area (Å²) in [6, 6.07) is 4.37. The predicted octanol–water partition coefficient (Wildman–Crippen LogP) is 0.963. The molecule has 0 saturated heterocycles. The van der Waals surface area contributed by atoms with Gasteiger partial charge in [-0.1, -0.05) is 6.07 Å². The molecule has 0 atom stereocenters. The molecule has 0 aliphatic rings. The van der Waals surface area contributed by atoms with Crippen LogP contribution in [-0.4, -0.2) is 28.2 Å². The molecule has 1 rings (SSSR count). The summed E-state index contributed by atoms with van der Waals surface area (Å²) in [6.45, 7) is -1.44. The Morgan fingerprint density at radius 3 is 2.50 bits per heavy atom. The van der Waals surface area contributed by atoms with Crippen LogP contribution in [0.25, 0.3) is 0 Å². The largest absolute Gasteiger partial charge is 0.495 e. The van der Waals surface area contributed by atoms with E-state index in [1.54, 1.807) is 0 Å². The third-order valence-electron chi connectivity index (χ3n) is 2.21. The van der Waals surface area contributed by atoms with E-state index in [0.29, 0.717) is 5.56 Å². The summed E-state index contributed by atoms with van der Waals surface area (Å²) >= 11 is 0. The van der Waals surface area contributed by atoms with E-state index in [0.717, 1.165) is 0 Å². The number of methoxy groups -OCH3 is 1. The molecule has 114 valence electrons. The molecule has 0 saturated carbocycles. The van der Waals surface area contributed by atoms with Crippen LogP contribution in [0.4, 0.5) is 18.9 Å². The van der Waals surface area contributed by atoms with Crippen molar-refractivity contribution in [2.45, 2.75) is 12.7 Å². The molecule has 6 nitrogen and oxygen atoms in total. The second kappa shape index (κ2) is 6.29. The Bertz CT molecular complexity index is 561. The molecule has 20 heavy (non-hydrogen) atoms. The molecule has 10 heteroatoms. The molecule has 0 aromatic heterocycles. The minimum absolute atomic E-state index is 0.0133. The average molecular weight is 313 g/mol. The third-order valence-corrected chi connectivity index (χ3v) is 3.22. The number of anilines is 1. The summed E-state index contributed by atoms with van der Waals surface area (Å²) in [4.78, 5) is 0. The van der Waals surface area contributed by atoms with Crippen LogP contribution in [0.15, 0.2) is 18.2 Å². The lowest BCUT2D eigenvalue weighted by Crippen LogP contribution is -2.37. The Morgan fingerprint density at radius 2 is 2.00 bits per heavy atom. The SMILES string of the molecule is COc1cc(CN)ccc1NS(=O)(=O)NCC(F)(F)F. The number of nitrogens with two attached hydrogens (primary N) is 1. The van der Waals surface area contributed by atoms with Gasteiger partial charge in [0, 0.05) is 6.54 Å². The van der Waals surface area contributed by atoms with Crippen molar-refractivity contribution in [1.82, 2.24) is 4.72 Å². The van der Waals surface area contributed by atoms with Gasteiger partial charge in [0.1, 0.15) is 12.3 Å². The van der Waals surface area contributed by atoms with E-state index in [4.69, 9.17) is 10.5 Å². The van der Waals surface area contributed by atoms with E-state index >= 15 is 0 Å². The monoisotopic (exact) mass is 313 g/mol. The van der Waals surface area contributed by atoms with Crippen molar-refractivity contribution in [3.05, 3.63) is 23.8 Å². The standard InChI is InChI=1S/C10H14F3N3O3S/c1-19-9-4-7(5-14)2-3-8(9)16-20(17,18)15-6-10(11,12)13/h2-4,15-16H,5-6,14H2,1H3. The summed E-state index contributed by atoms with van der Waals surface area (Å²) in [5.74, 6) is 0.158. The first-order valence-electron chi connectivity index (χ1n) is 5.38. The van der Waals surface area contributed by atoms with Crippen LogP contribution in [0.3, 0.4) is 0 Å². The van der Waals surface area contributed by atoms with Crippen molar-refractivity contribution < 1.29 is 26.3 Å². The van der Waals surface area contributed by atoms with Gasteiger partial charge in [-0.05, 0) is 17.7 Å². The van der Waals surface area contributed by atoms with Crippen molar-refractivity contribution in [3.8, 4) is 5.75 Å². The Hall–Kier alpha value is -1.52. The zero-order valence-corrected chi connectivity index (χ0v) is 11.3. The van der Waals surface area contributed by atoms with Crippen molar-refractivity contribution in [1.29, 1.82) is 0 Å². The lowest BCUT2D eigenvalue weighted by molar-refractivity contribution is -0.121. The number of ether oxygens (including phenoxy) is 1. The maximum atomic E-state index is 12.0. The van der Waals surface area contributed by atoms with Gasteiger partial charge in [-0.15, -0.1) is 0 Å². The second-order valence-electron chi connectivity index (χ2n) is 3.78. The van der Waals surface area contributed by atoms with Crippen LogP contribution in [0.2, 0.25) is 0 Å². The number of alkyl halides is 3. The number of rotatable bonds is 6. The van der Waals surface area contributed by atoms with Gasteiger partial charge in [0.15, 0.2) is 0 Å². The Labute approximate surface area is 114 Å². The van der Waals surface area contributed by atoms with Crippen molar-refractivity contribution in [3.63, 3.8) is 0 Å². The van der Waals surface area contributed by atoms with Crippen molar-refractivity contribution in [2.24, 2.45) is 5.73 Å². The third kappa shape index (κ3) is 5.23. The van der Waals surface area contributed by atoms with Crippen LogP contribution in [0.1, 0.15) is 5.56 Å². The van der Waals surface area contributed by atoms with Crippen molar-refractivity contribution >= 4 is 15.9 Å². The van der Waals surface area contributed by atoms with Crippen LogP contribution in [0.5, 0.6) is 5.75 Å². The van der Waals surface area contributed by atoms with Gasteiger partial charge < -0.3 is 10.5 Å². The van der Waals surface area contributed by atoms with Gasteiger partial charge in [-0.2, -0.15) is 26.3 Å². The van der Waals surface area contributed by atoms with Gasteiger partial charge in [0.05, 0.1) is 12.8 Å². The van der Waals surface area contributed by atoms with Crippen molar-refractivity contribution in [2.75, 3.05) is 18.4 Å². The predicted molar refractivity (Wildman–Crippen MR) is 67.5 cm³/mol. The molecule has 0 unspecified atom stereocenters. The second-order valence-corrected chi connectivity index (χ2v) is 5.28. The van der Waals surface area contributed by atoms with Gasteiger partial charge in [-0.25, -0.2) is 0 Å². The van der Waals surface area contributed by atoms with E-state index in [1.165, 1.54) is 30.0 Å². The van der Waals surface area contributed by atoms with Gasteiger partial charge in [0.25, 0.3) is 10.2 Å². The lowest BCUT2D eigenvalue weighted by atomic mass is 10.2. The minimum Gasteiger partial charge on any atom is -0.495 e. The Morgan fingerprint density at radius 1 is 1.35 bits per heavy atom. The summed E-state index contributed by atoms with van der Waals surface area (Å²) < 4.78 is 67.1. The van der Waals surface area contributed by atoms with Gasteiger partial charge >= 0.3 is 6.18 Å². The highest BCUT2D eigenvalue weighted by Gasteiger charge is 2.29. The van der Waals surface area contributed by atoms with E-state index in [2.05, 4.69) is 0 Å². The van der Waals surface area contributed by atoms with E-state index in [1.807, 2.05) is 4.72 Å². The number of benzene rings is 1. The minimum atomic E-state index is -4.64. The molecule has 4 N–H and O–H groups in total. The molecule has 0 aliphatic heterocycles. The van der Waals surface area contributed by atoms with Gasteiger partial charge in [0.2, 0.25) is 0 Å². The fourth-order valence-electron chi connectivity index (χ4n) is 1.30. The summed E-state index contributed by atoms with van der Waals surface area (Å²) in [5.41, 5.74) is 6.12. The summed E-state index contributed by atoms with van der Waals surface area (Å²) in [6.07, 6.45) is -4.64. The molecular formula is C10H14F3N3O3S. The normalized spacial score (nSPS) is 12.2. The number of halogens is 3. The smallest absolute Gasteiger partial charge is 0.402 e. The zero-order chi connectivity index (χ0) is 15.4. The lowest BCUT2D eigenvalue weighted by Gasteiger charge is -2.14. The van der Waals surface area contributed by atoms with Crippen LogP contribution in [-0.2, 0) is 16.8 Å². The topological polar surface area (TPSA) is 93.4 Å². The first-order valence-corrected chi connectivity index (χ1v) is 6.86. The molecule has 0 aliphatic carbocycles. The maximum absolute atomic E-state index is 12.0. The Kier molecular flexibility index (Phi) is 5.20. The highest BCUT2D eigenvalue weighted by Crippen LogP contribution is 2.26. The van der Waals surface area contributed by atoms with Gasteiger partial charge in [-0.3, -0.25) is 4.72 Å². The zero-order valence-electron chi connectivity index (χ0n) is 10.5. The molecule has 0 amide bonds. The molecule has 1 aromatic rings. The molecule has 0 fully saturated rings. The highest BCUT2D eigenvalue weighted by molar-refractivity contribution is 7.90. The molecule has 0 bridgehead atoms. The Balaban J connectivity index is 2.87. The summed E-state index contributed by atoms with van der Waals surface area (Å²) in [7, 11) is -3.05. The van der Waals surface area contributed by atoms with Crippen LogP contribution in [0, 0.1) is 0 Å². The fourth-order valence-corrected chi connectivity index (χ4v) is 2.19. The number of hydrogen-bond acceptors (Lipinski definition) is 4. The first kappa shape index (κ1) is 16.5. The molecular weight excluding hydrogens is 299 g/mol.